The molecule has 0 radical (unpaired) electrons. The van der Waals surface area contributed by atoms with Crippen LogP contribution in [0.1, 0.15) is 24.4 Å². The van der Waals surface area contributed by atoms with Crippen LogP contribution in [-0.2, 0) is 17.7 Å². The number of ether oxygens (including phenoxy) is 1. The van der Waals surface area contributed by atoms with E-state index in [1.165, 1.54) is 12.8 Å². The first kappa shape index (κ1) is 16.6. The molecule has 2 aliphatic rings. The first-order chi connectivity index (χ1) is 11.6. The van der Waals surface area contributed by atoms with Gasteiger partial charge in [0.05, 0.1) is 7.11 Å². The highest BCUT2D eigenvalue weighted by Crippen LogP contribution is 2.16. The number of imidazole rings is 1. The molecule has 24 heavy (non-hydrogen) atoms. The Morgan fingerprint density at radius 1 is 1.21 bits per heavy atom. The maximum atomic E-state index is 12.5. The van der Waals surface area contributed by atoms with Gasteiger partial charge in [0.15, 0.2) is 0 Å². The normalized spacial score (nSPS) is 21.0. The Bertz CT molecular complexity index is 615. The summed E-state index contributed by atoms with van der Waals surface area (Å²) >= 11 is 0. The van der Waals surface area contributed by atoms with Crippen molar-refractivity contribution in [1.29, 1.82) is 0 Å². The Morgan fingerprint density at radius 2 is 1.96 bits per heavy atom. The smallest absolute Gasteiger partial charge is 0.409 e. The molecule has 1 N–H and O–H groups in total. The molecule has 2 aliphatic heterocycles. The molecule has 0 spiro atoms. The fourth-order valence-corrected chi connectivity index (χ4v) is 3.41. The number of rotatable bonds is 1. The number of methoxy groups -OCH3 is 1. The maximum absolute atomic E-state index is 12.5. The van der Waals surface area contributed by atoms with Crippen molar-refractivity contribution in [2.24, 2.45) is 0 Å². The third-order valence-electron chi connectivity index (χ3n) is 4.81. The van der Waals surface area contributed by atoms with Gasteiger partial charge in [-0.3, -0.25) is 0 Å². The lowest BCUT2D eigenvalue weighted by Crippen LogP contribution is -2.48. The monoisotopic (exact) mass is 335 g/mol. The summed E-state index contributed by atoms with van der Waals surface area (Å²) in [5.41, 5.74) is 1.17. The van der Waals surface area contributed by atoms with E-state index in [1.807, 2.05) is 6.20 Å². The van der Waals surface area contributed by atoms with E-state index >= 15 is 0 Å². The van der Waals surface area contributed by atoms with Crippen LogP contribution in [0.2, 0.25) is 0 Å². The van der Waals surface area contributed by atoms with Crippen LogP contribution in [0, 0.1) is 6.92 Å². The van der Waals surface area contributed by atoms with Crippen molar-refractivity contribution < 1.29 is 14.3 Å². The van der Waals surface area contributed by atoms with Crippen molar-refractivity contribution in [1.82, 2.24) is 24.7 Å². The van der Waals surface area contributed by atoms with E-state index in [0.717, 1.165) is 31.6 Å². The Hall–Kier alpha value is -2.25. The van der Waals surface area contributed by atoms with E-state index in [0.29, 0.717) is 26.2 Å². The Labute approximate surface area is 141 Å². The van der Waals surface area contributed by atoms with Crippen LogP contribution in [0.4, 0.5) is 9.59 Å². The summed E-state index contributed by atoms with van der Waals surface area (Å²) in [6.07, 6.45) is 4.00. The van der Waals surface area contributed by atoms with Crippen molar-refractivity contribution in [2.75, 3.05) is 33.3 Å². The second-order valence-electron chi connectivity index (χ2n) is 6.40. The molecular formula is C16H25N5O3. The number of aryl methyl sites for hydroxylation is 1. The number of fused-ring (bicyclic) bond motifs is 1. The standard InChI is InChI=1S/C16H25N5O3/c1-12-11-17-14-10-13(4-7-21(12)14)18-15(22)19-5-3-6-20(9-8-19)16(23)24-2/h11,13H,3-10H2,1-2H3,(H,18,22). The quantitative estimate of drug-likeness (QED) is 0.830. The molecule has 0 aromatic carbocycles. The molecule has 1 fully saturated rings. The van der Waals surface area contributed by atoms with Crippen molar-refractivity contribution in [2.45, 2.75) is 38.8 Å². The van der Waals surface area contributed by atoms with Gasteiger partial charge >= 0.3 is 12.1 Å². The van der Waals surface area contributed by atoms with E-state index in [-0.39, 0.29) is 18.2 Å². The van der Waals surface area contributed by atoms with Crippen molar-refractivity contribution in [3.63, 3.8) is 0 Å². The number of nitrogens with one attached hydrogen (secondary N) is 1. The molecule has 132 valence electrons. The van der Waals surface area contributed by atoms with Gasteiger partial charge in [-0.15, -0.1) is 0 Å². The average Bonchev–Trinajstić information content (AvgIpc) is 2.80. The Kier molecular flexibility index (Phi) is 4.92. The number of urea groups is 1. The minimum Gasteiger partial charge on any atom is -0.453 e. The fraction of sp³-hybridized carbons (Fsp3) is 0.688. The highest BCUT2D eigenvalue weighted by atomic mass is 16.5. The molecular weight excluding hydrogens is 310 g/mol. The zero-order valence-electron chi connectivity index (χ0n) is 14.3. The van der Waals surface area contributed by atoms with E-state index in [2.05, 4.69) is 21.8 Å². The third-order valence-corrected chi connectivity index (χ3v) is 4.81. The van der Waals surface area contributed by atoms with Gasteiger partial charge in [-0.25, -0.2) is 14.6 Å². The molecule has 0 saturated carbocycles. The summed E-state index contributed by atoms with van der Waals surface area (Å²) in [6, 6.07) is 0.0650. The summed E-state index contributed by atoms with van der Waals surface area (Å²) in [5, 5.41) is 3.12. The zero-order valence-corrected chi connectivity index (χ0v) is 14.3. The number of aromatic nitrogens is 2. The first-order valence-electron chi connectivity index (χ1n) is 8.48. The maximum Gasteiger partial charge on any atom is 0.409 e. The van der Waals surface area contributed by atoms with Crippen molar-refractivity contribution >= 4 is 12.1 Å². The zero-order chi connectivity index (χ0) is 17.1. The summed E-state index contributed by atoms with van der Waals surface area (Å²) < 4.78 is 6.97. The van der Waals surface area contributed by atoms with Crippen LogP contribution >= 0.6 is 0 Å². The van der Waals surface area contributed by atoms with Gasteiger partial charge in [0.1, 0.15) is 5.82 Å². The fourth-order valence-electron chi connectivity index (χ4n) is 3.41. The Morgan fingerprint density at radius 3 is 2.75 bits per heavy atom. The van der Waals surface area contributed by atoms with Gasteiger partial charge in [0, 0.05) is 57.1 Å². The molecule has 1 atom stereocenters. The van der Waals surface area contributed by atoms with Gasteiger partial charge < -0.3 is 24.4 Å². The summed E-state index contributed by atoms with van der Waals surface area (Å²) in [6.45, 7) is 5.26. The first-order valence-corrected chi connectivity index (χ1v) is 8.48. The van der Waals surface area contributed by atoms with Gasteiger partial charge in [0.2, 0.25) is 0 Å². The van der Waals surface area contributed by atoms with Crippen molar-refractivity contribution in [3.05, 3.63) is 17.7 Å². The number of carbonyl (C=O) groups is 2. The van der Waals surface area contributed by atoms with Crippen molar-refractivity contribution in [3.8, 4) is 0 Å². The predicted octanol–water partition coefficient (Wildman–Crippen LogP) is 0.990. The average molecular weight is 335 g/mol. The number of hydrogen-bond acceptors (Lipinski definition) is 4. The summed E-state index contributed by atoms with van der Waals surface area (Å²) in [4.78, 5) is 32.0. The third kappa shape index (κ3) is 3.47. The van der Waals surface area contributed by atoms with E-state index in [4.69, 9.17) is 4.74 Å². The molecule has 3 heterocycles. The topological polar surface area (TPSA) is 79.7 Å². The number of nitrogens with zero attached hydrogens (tertiary/aromatic N) is 4. The van der Waals surface area contributed by atoms with Crippen LogP contribution in [0.15, 0.2) is 6.20 Å². The van der Waals surface area contributed by atoms with Gasteiger partial charge in [-0.2, -0.15) is 0 Å². The predicted molar refractivity (Wildman–Crippen MR) is 87.8 cm³/mol. The molecule has 0 aliphatic carbocycles. The Balaban J connectivity index is 1.53. The molecule has 0 bridgehead atoms. The van der Waals surface area contributed by atoms with E-state index in [9.17, 15) is 9.59 Å². The number of carbonyl (C=O) groups excluding carboxylic acids is 2. The number of hydrogen-bond donors (Lipinski definition) is 1. The summed E-state index contributed by atoms with van der Waals surface area (Å²) in [7, 11) is 1.38. The lowest BCUT2D eigenvalue weighted by atomic mass is 10.1. The molecule has 8 heteroatoms. The highest BCUT2D eigenvalue weighted by Gasteiger charge is 2.26. The van der Waals surface area contributed by atoms with E-state index in [1.54, 1.807) is 9.80 Å². The highest BCUT2D eigenvalue weighted by molar-refractivity contribution is 5.75. The van der Waals surface area contributed by atoms with Crippen LogP contribution in [0.3, 0.4) is 0 Å². The second-order valence-corrected chi connectivity index (χ2v) is 6.40. The van der Waals surface area contributed by atoms with Crippen LogP contribution in [-0.4, -0.2) is 70.8 Å². The lowest BCUT2D eigenvalue weighted by Gasteiger charge is -2.28. The molecule has 1 saturated heterocycles. The van der Waals surface area contributed by atoms with Gasteiger partial charge in [-0.1, -0.05) is 0 Å². The van der Waals surface area contributed by atoms with Crippen LogP contribution < -0.4 is 5.32 Å². The SMILES string of the molecule is COC(=O)N1CCCN(C(=O)NC2CCn3c(C)cnc3C2)CC1. The van der Waals surface area contributed by atoms with Gasteiger partial charge in [-0.05, 0) is 19.8 Å². The minimum absolute atomic E-state index is 0.0524. The van der Waals surface area contributed by atoms with Crippen LogP contribution in [0.25, 0.3) is 0 Å². The molecule has 1 unspecified atom stereocenters. The number of amides is 3. The molecule has 3 amide bonds. The second kappa shape index (κ2) is 7.11. The largest absolute Gasteiger partial charge is 0.453 e. The van der Waals surface area contributed by atoms with Crippen LogP contribution in [0.5, 0.6) is 0 Å². The lowest BCUT2D eigenvalue weighted by molar-refractivity contribution is 0.125. The van der Waals surface area contributed by atoms with E-state index < -0.39 is 0 Å². The summed E-state index contributed by atoms with van der Waals surface area (Å²) in [5.74, 6) is 1.04. The van der Waals surface area contributed by atoms with Gasteiger partial charge in [0.25, 0.3) is 0 Å². The molecule has 3 rings (SSSR count). The molecule has 8 nitrogen and oxygen atoms in total. The molecule has 1 aromatic heterocycles. The minimum atomic E-state index is -0.327. The molecule has 1 aromatic rings.